The normalized spacial score (nSPS) is 19.1. The van der Waals surface area contributed by atoms with Crippen molar-refractivity contribution in [3.8, 4) is 0 Å². The molecule has 1 saturated heterocycles. The number of carbonyl (C=O) groups is 1. The highest BCUT2D eigenvalue weighted by molar-refractivity contribution is 9.10. The molecule has 1 aromatic rings. The molecule has 1 fully saturated rings. The van der Waals surface area contributed by atoms with Crippen molar-refractivity contribution in [1.29, 1.82) is 0 Å². The highest BCUT2D eigenvalue weighted by atomic mass is 79.9. The maximum Gasteiger partial charge on any atom is 0.261 e. The number of nitrogens with one attached hydrogen (secondary N) is 2. The van der Waals surface area contributed by atoms with Crippen molar-refractivity contribution >= 4 is 45.6 Å². The standard InChI is InChI=1S/C12H17BrN2OS.ClH/c13-10-6-11(17-8-10)12(16)15-5-3-9-2-1-4-14-7-9;/h6,8-9,14H,1-5,7H2,(H,15,16);1H. The first-order valence-electron chi connectivity index (χ1n) is 5.98. The summed E-state index contributed by atoms with van der Waals surface area (Å²) < 4.78 is 0.976. The lowest BCUT2D eigenvalue weighted by Crippen LogP contribution is -2.33. The zero-order valence-electron chi connectivity index (χ0n) is 10.1. The minimum atomic E-state index is 0. The van der Waals surface area contributed by atoms with E-state index in [4.69, 9.17) is 0 Å². The van der Waals surface area contributed by atoms with E-state index < -0.39 is 0 Å². The predicted molar refractivity (Wildman–Crippen MR) is 81.8 cm³/mol. The molecular weight excluding hydrogens is 336 g/mol. The van der Waals surface area contributed by atoms with Gasteiger partial charge in [0.2, 0.25) is 0 Å². The molecule has 0 radical (unpaired) electrons. The Morgan fingerprint density at radius 1 is 1.61 bits per heavy atom. The largest absolute Gasteiger partial charge is 0.351 e. The van der Waals surface area contributed by atoms with E-state index in [0.717, 1.165) is 41.3 Å². The van der Waals surface area contributed by atoms with Crippen LogP contribution in [0.3, 0.4) is 0 Å². The summed E-state index contributed by atoms with van der Waals surface area (Å²) >= 11 is 4.83. The van der Waals surface area contributed by atoms with Crippen molar-refractivity contribution < 1.29 is 4.79 Å². The first-order chi connectivity index (χ1) is 8.25. The van der Waals surface area contributed by atoms with Crippen molar-refractivity contribution in [1.82, 2.24) is 10.6 Å². The number of hydrogen-bond acceptors (Lipinski definition) is 3. The van der Waals surface area contributed by atoms with Gasteiger partial charge in [0.15, 0.2) is 0 Å². The van der Waals surface area contributed by atoms with E-state index in [0.29, 0.717) is 0 Å². The quantitative estimate of drug-likeness (QED) is 0.873. The Balaban J connectivity index is 0.00000162. The summed E-state index contributed by atoms with van der Waals surface area (Å²) in [5.74, 6) is 0.767. The first-order valence-corrected chi connectivity index (χ1v) is 7.66. The number of rotatable bonds is 4. The van der Waals surface area contributed by atoms with Crippen molar-refractivity contribution in [3.05, 3.63) is 20.8 Å². The third-order valence-corrected chi connectivity index (χ3v) is 4.72. The van der Waals surface area contributed by atoms with Gasteiger partial charge in [-0.05, 0) is 60.3 Å². The zero-order chi connectivity index (χ0) is 12.1. The van der Waals surface area contributed by atoms with E-state index in [1.165, 1.54) is 24.2 Å². The number of amides is 1. The second-order valence-electron chi connectivity index (χ2n) is 4.39. The van der Waals surface area contributed by atoms with Gasteiger partial charge >= 0.3 is 0 Å². The monoisotopic (exact) mass is 352 g/mol. The molecule has 0 spiro atoms. The summed E-state index contributed by atoms with van der Waals surface area (Å²) in [5, 5.41) is 8.30. The van der Waals surface area contributed by atoms with Gasteiger partial charge in [-0.2, -0.15) is 0 Å². The Kier molecular flexibility index (Phi) is 7.22. The summed E-state index contributed by atoms with van der Waals surface area (Å²) in [6, 6.07) is 1.86. The van der Waals surface area contributed by atoms with Gasteiger partial charge < -0.3 is 10.6 Å². The minimum Gasteiger partial charge on any atom is -0.351 e. The molecule has 2 rings (SSSR count). The van der Waals surface area contributed by atoms with E-state index in [-0.39, 0.29) is 18.3 Å². The SMILES string of the molecule is Cl.O=C(NCCC1CCCNC1)c1cc(Br)cs1. The van der Waals surface area contributed by atoms with Crippen LogP contribution in [0, 0.1) is 5.92 Å². The smallest absolute Gasteiger partial charge is 0.261 e. The molecule has 1 atom stereocenters. The van der Waals surface area contributed by atoms with Crippen LogP contribution >= 0.6 is 39.7 Å². The zero-order valence-corrected chi connectivity index (χ0v) is 13.3. The van der Waals surface area contributed by atoms with E-state index in [1.807, 2.05) is 11.4 Å². The topological polar surface area (TPSA) is 41.1 Å². The molecule has 18 heavy (non-hydrogen) atoms. The Bertz CT molecular complexity index is 380. The fourth-order valence-corrected chi connectivity index (χ4v) is 3.42. The molecule has 3 nitrogen and oxygen atoms in total. The van der Waals surface area contributed by atoms with E-state index in [9.17, 15) is 4.79 Å². The van der Waals surface area contributed by atoms with Gasteiger partial charge in [-0.3, -0.25) is 4.79 Å². The summed E-state index contributed by atoms with van der Waals surface area (Å²) in [5.41, 5.74) is 0. The maximum atomic E-state index is 11.8. The number of piperidine rings is 1. The van der Waals surface area contributed by atoms with Crippen molar-refractivity contribution in [3.63, 3.8) is 0 Å². The molecule has 1 aromatic heterocycles. The molecule has 1 aliphatic rings. The van der Waals surface area contributed by atoms with Crippen LogP contribution in [-0.4, -0.2) is 25.5 Å². The van der Waals surface area contributed by atoms with Crippen LogP contribution in [0.25, 0.3) is 0 Å². The van der Waals surface area contributed by atoms with E-state index >= 15 is 0 Å². The van der Waals surface area contributed by atoms with Crippen LogP contribution in [0.15, 0.2) is 15.9 Å². The highest BCUT2D eigenvalue weighted by Gasteiger charge is 2.13. The number of hydrogen-bond donors (Lipinski definition) is 2. The summed E-state index contributed by atoms with van der Waals surface area (Å²) in [6.45, 7) is 3.02. The van der Waals surface area contributed by atoms with E-state index in [2.05, 4.69) is 26.6 Å². The predicted octanol–water partition coefficient (Wildman–Crippen LogP) is 3.05. The maximum absolute atomic E-state index is 11.8. The van der Waals surface area contributed by atoms with Gasteiger partial charge in [0.25, 0.3) is 5.91 Å². The molecular formula is C12H18BrClN2OS. The number of halogens is 2. The fraction of sp³-hybridized carbons (Fsp3) is 0.583. The third kappa shape index (κ3) is 4.88. The number of thiophene rings is 1. The molecule has 102 valence electrons. The van der Waals surface area contributed by atoms with E-state index in [1.54, 1.807) is 0 Å². The molecule has 2 heterocycles. The highest BCUT2D eigenvalue weighted by Crippen LogP contribution is 2.19. The molecule has 0 aromatic carbocycles. The summed E-state index contributed by atoms with van der Waals surface area (Å²) in [4.78, 5) is 12.5. The molecule has 0 aliphatic carbocycles. The molecule has 1 aliphatic heterocycles. The summed E-state index contributed by atoms with van der Waals surface area (Å²) in [7, 11) is 0. The third-order valence-electron chi connectivity index (χ3n) is 3.03. The average molecular weight is 354 g/mol. The Morgan fingerprint density at radius 2 is 2.44 bits per heavy atom. The lowest BCUT2D eigenvalue weighted by Gasteiger charge is -2.22. The van der Waals surface area contributed by atoms with Gasteiger partial charge in [0.1, 0.15) is 0 Å². The second-order valence-corrected chi connectivity index (χ2v) is 6.21. The number of carbonyl (C=O) groups excluding carboxylic acids is 1. The molecule has 0 bridgehead atoms. The van der Waals surface area contributed by atoms with Crippen LogP contribution in [0.4, 0.5) is 0 Å². The average Bonchev–Trinajstić information content (AvgIpc) is 2.77. The van der Waals surface area contributed by atoms with Gasteiger partial charge in [-0.25, -0.2) is 0 Å². The Morgan fingerprint density at radius 3 is 3.06 bits per heavy atom. The van der Waals surface area contributed by atoms with Crippen LogP contribution < -0.4 is 10.6 Å². The molecule has 1 unspecified atom stereocenters. The fourth-order valence-electron chi connectivity index (χ4n) is 2.08. The van der Waals surface area contributed by atoms with Gasteiger partial charge in [-0.15, -0.1) is 23.7 Å². The minimum absolute atomic E-state index is 0. The summed E-state index contributed by atoms with van der Waals surface area (Å²) in [6.07, 6.45) is 3.62. The first kappa shape index (κ1) is 16.0. The van der Waals surface area contributed by atoms with Gasteiger partial charge in [0.05, 0.1) is 4.88 Å². The lowest BCUT2D eigenvalue weighted by molar-refractivity contribution is 0.0954. The Hall–Kier alpha value is -0.100. The molecule has 1 amide bonds. The van der Waals surface area contributed by atoms with Gasteiger partial charge in [0, 0.05) is 16.4 Å². The van der Waals surface area contributed by atoms with Crippen LogP contribution in [0.5, 0.6) is 0 Å². The molecule has 0 saturated carbocycles. The van der Waals surface area contributed by atoms with Crippen LogP contribution in [-0.2, 0) is 0 Å². The van der Waals surface area contributed by atoms with Crippen molar-refractivity contribution in [2.75, 3.05) is 19.6 Å². The van der Waals surface area contributed by atoms with Crippen LogP contribution in [0.1, 0.15) is 28.9 Å². The van der Waals surface area contributed by atoms with Crippen LogP contribution in [0.2, 0.25) is 0 Å². The van der Waals surface area contributed by atoms with Gasteiger partial charge in [-0.1, -0.05) is 0 Å². The lowest BCUT2D eigenvalue weighted by atomic mass is 9.96. The Labute approximate surface area is 126 Å². The van der Waals surface area contributed by atoms with Crippen molar-refractivity contribution in [2.24, 2.45) is 5.92 Å². The second kappa shape index (κ2) is 8.15. The molecule has 2 N–H and O–H groups in total. The molecule has 6 heteroatoms. The van der Waals surface area contributed by atoms with Crippen molar-refractivity contribution in [2.45, 2.75) is 19.3 Å².